The summed E-state index contributed by atoms with van der Waals surface area (Å²) in [6.07, 6.45) is 8.46. The summed E-state index contributed by atoms with van der Waals surface area (Å²) < 4.78 is 36.4. The first-order valence-electron chi connectivity index (χ1n) is 28.9. The maximum Gasteiger partial charge on any atom is 0.410 e. The number of anilines is 1. The number of rotatable bonds is 22. The summed E-state index contributed by atoms with van der Waals surface area (Å²) in [5, 5.41) is 0. The predicted octanol–water partition coefficient (Wildman–Crippen LogP) is 13.4. The van der Waals surface area contributed by atoms with E-state index < -0.39 is 47.0 Å². The predicted molar refractivity (Wildman–Crippen MR) is 322 cm³/mol. The van der Waals surface area contributed by atoms with Crippen molar-refractivity contribution in [3.8, 4) is 16.9 Å². The quantitative estimate of drug-likeness (QED) is 0.0532. The SMILES string of the molecule is CCOC(=O)CN(CC(=O)OCC)c1ccccc1OCCCCCCC1(CCCCCCN2CCN(C(=O)OC(C)(C)C)CCN(C(=O)OC(C)(C)C)CCN(C(=O)OC(C)(C)C)CC2)c2cc(Br)ccc2-c2ccc(Br)cc21. The summed E-state index contributed by atoms with van der Waals surface area (Å²) in [4.78, 5) is 75.0. The summed E-state index contributed by atoms with van der Waals surface area (Å²) in [5.74, 6) is -0.272. The minimum Gasteiger partial charge on any atom is -0.491 e. The summed E-state index contributed by atoms with van der Waals surface area (Å²) in [5.41, 5.74) is 3.63. The Morgan fingerprint density at radius 3 is 1.35 bits per heavy atom. The van der Waals surface area contributed by atoms with E-state index in [0.717, 1.165) is 79.7 Å². The standard InChI is InChI=1S/C62H91Br2N5O11/c1-12-75-54(70)44-69(45-55(71)76-13-2)52-24-18-19-25-53(52)77-41-23-17-15-21-31-62(50-42-46(63)26-28-48(50)49-29-27-47(64)43-51(49)62)30-20-14-16-22-32-65-33-35-66(56(72)78-59(3,4)5)37-39-68(58(74)80-61(9,10)11)40-38-67(36-34-65)57(73)79-60(6,7)8/h18-19,24-29,42-43H,12-17,20-23,30-41,44-45H2,1-11H3. The molecule has 0 unspecified atom stereocenters. The van der Waals surface area contributed by atoms with Crippen molar-refractivity contribution in [1.82, 2.24) is 19.6 Å². The van der Waals surface area contributed by atoms with Crippen LogP contribution in [-0.2, 0) is 38.7 Å². The van der Waals surface area contributed by atoms with E-state index in [2.05, 4.69) is 73.2 Å². The third-order valence-corrected chi connectivity index (χ3v) is 14.9. The molecule has 3 amide bonds. The Kier molecular flexibility index (Phi) is 25.3. The first-order valence-corrected chi connectivity index (χ1v) is 30.4. The Labute approximate surface area is 494 Å². The molecular weight excluding hydrogens is 1150 g/mol. The van der Waals surface area contributed by atoms with Crippen LogP contribution in [0, 0.1) is 0 Å². The molecule has 1 fully saturated rings. The van der Waals surface area contributed by atoms with Gasteiger partial charge in [0.25, 0.3) is 0 Å². The highest BCUT2D eigenvalue weighted by Gasteiger charge is 2.42. The van der Waals surface area contributed by atoms with Crippen LogP contribution in [0.3, 0.4) is 0 Å². The van der Waals surface area contributed by atoms with Crippen LogP contribution < -0.4 is 9.64 Å². The fourth-order valence-corrected chi connectivity index (χ4v) is 11.0. The van der Waals surface area contributed by atoms with E-state index in [-0.39, 0.29) is 57.9 Å². The van der Waals surface area contributed by atoms with Crippen LogP contribution in [0.25, 0.3) is 11.1 Å². The molecule has 16 nitrogen and oxygen atoms in total. The van der Waals surface area contributed by atoms with Crippen LogP contribution in [-0.4, -0.2) is 158 Å². The molecule has 444 valence electrons. The molecule has 5 rings (SSSR count). The summed E-state index contributed by atoms with van der Waals surface area (Å²) in [6.45, 7) is 24.3. The van der Waals surface area contributed by atoms with Gasteiger partial charge in [0, 0.05) is 66.7 Å². The van der Waals surface area contributed by atoms with Gasteiger partial charge < -0.3 is 48.0 Å². The van der Waals surface area contributed by atoms with Crippen molar-refractivity contribution in [2.75, 3.05) is 96.7 Å². The molecule has 0 spiro atoms. The fourth-order valence-electron chi connectivity index (χ4n) is 10.3. The Morgan fingerprint density at radius 2 is 0.925 bits per heavy atom. The maximum atomic E-state index is 13.7. The van der Waals surface area contributed by atoms with Gasteiger partial charge in [0.2, 0.25) is 0 Å². The monoisotopic (exact) mass is 1240 g/mol. The number of carbonyl (C=O) groups is 5. The van der Waals surface area contributed by atoms with Crippen molar-refractivity contribution in [1.29, 1.82) is 0 Å². The zero-order valence-electron chi connectivity index (χ0n) is 49.7. The van der Waals surface area contributed by atoms with E-state index in [1.807, 2.05) is 86.6 Å². The summed E-state index contributed by atoms with van der Waals surface area (Å²) >= 11 is 7.67. The lowest BCUT2D eigenvalue weighted by Gasteiger charge is -2.36. The van der Waals surface area contributed by atoms with Gasteiger partial charge in [0.15, 0.2) is 0 Å². The Balaban J connectivity index is 1.26. The molecule has 1 aliphatic heterocycles. The molecule has 1 heterocycles. The number of hydrogen-bond donors (Lipinski definition) is 0. The Morgan fingerprint density at radius 1 is 0.525 bits per heavy atom. The number of halogens is 2. The third-order valence-electron chi connectivity index (χ3n) is 13.9. The summed E-state index contributed by atoms with van der Waals surface area (Å²) in [7, 11) is 0. The highest BCUT2D eigenvalue weighted by molar-refractivity contribution is 9.10. The van der Waals surface area contributed by atoms with Gasteiger partial charge in [-0.05, 0) is 167 Å². The maximum absolute atomic E-state index is 13.7. The average Bonchev–Trinajstić information content (AvgIpc) is 3.71. The molecule has 0 N–H and O–H groups in total. The number of benzene rings is 3. The number of unbranched alkanes of at least 4 members (excludes halogenated alkanes) is 6. The first kappa shape index (κ1) is 65.7. The van der Waals surface area contributed by atoms with Crippen LogP contribution in [0.5, 0.6) is 5.75 Å². The first-order chi connectivity index (χ1) is 37.8. The number of para-hydroxylation sites is 2. The molecule has 1 saturated heterocycles. The van der Waals surface area contributed by atoms with Crippen molar-refractivity contribution in [2.24, 2.45) is 0 Å². The average molecular weight is 1240 g/mol. The molecule has 0 aromatic heterocycles. The molecule has 3 aromatic rings. The number of esters is 2. The Hall–Kier alpha value is -5.07. The van der Waals surface area contributed by atoms with E-state index in [1.165, 1.54) is 22.3 Å². The molecule has 80 heavy (non-hydrogen) atoms. The molecule has 0 bridgehead atoms. The van der Waals surface area contributed by atoms with E-state index in [9.17, 15) is 24.0 Å². The van der Waals surface area contributed by atoms with E-state index in [0.29, 0.717) is 44.2 Å². The lowest BCUT2D eigenvalue weighted by atomic mass is 9.70. The molecule has 2 aliphatic rings. The van der Waals surface area contributed by atoms with Gasteiger partial charge in [-0.25, -0.2) is 14.4 Å². The van der Waals surface area contributed by atoms with Crippen molar-refractivity contribution < 1.29 is 52.4 Å². The van der Waals surface area contributed by atoms with Gasteiger partial charge >= 0.3 is 30.2 Å². The number of fused-ring (bicyclic) bond motifs is 3. The van der Waals surface area contributed by atoms with Gasteiger partial charge in [0.05, 0.1) is 25.5 Å². The topological polar surface area (TPSA) is 157 Å². The van der Waals surface area contributed by atoms with E-state index in [1.54, 1.807) is 33.4 Å². The molecule has 0 radical (unpaired) electrons. The van der Waals surface area contributed by atoms with Crippen LogP contribution in [0.4, 0.5) is 20.1 Å². The molecule has 18 heteroatoms. The van der Waals surface area contributed by atoms with Gasteiger partial charge in [-0.3, -0.25) is 14.5 Å². The number of ether oxygens (including phenoxy) is 6. The minimum absolute atomic E-state index is 0.108. The largest absolute Gasteiger partial charge is 0.491 e. The van der Waals surface area contributed by atoms with Crippen molar-refractivity contribution in [3.05, 3.63) is 80.7 Å². The normalized spacial score (nSPS) is 15.2. The zero-order valence-corrected chi connectivity index (χ0v) is 52.9. The van der Waals surface area contributed by atoms with Crippen molar-refractivity contribution in [3.63, 3.8) is 0 Å². The molecule has 0 saturated carbocycles. The highest BCUT2D eigenvalue weighted by Crippen LogP contribution is 2.55. The number of amides is 3. The number of hydrogen-bond acceptors (Lipinski definition) is 13. The van der Waals surface area contributed by atoms with Crippen molar-refractivity contribution in [2.45, 2.75) is 163 Å². The second-order valence-corrected chi connectivity index (χ2v) is 25.6. The number of carbonyl (C=O) groups excluding carboxylic acids is 5. The van der Waals surface area contributed by atoms with Gasteiger partial charge in [-0.15, -0.1) is 0 Å². The van der Waals surface area contributed by atoms with Gasteiger partial charge in [-0.1, -0.05) is 94.7 Å². The molecule has 1 aliphatic carbocycles. The summed E-state index contributed by atoms with van der Waals surface area (Å²) in [6, 6.07) is 20.9. The zero-order chi connectivity index (χ0) is 58.7. The third kappa shape index (κ3) is 21.0. The minimum atomic E-state index is -0.730. The van der Waals surface area contributed by atoms with Gasteiger partial charge in [-0.2, -0.15) is 0 Å². The molecular formula is C62H91Br2N5O11. The fraction of sp³-hybridized carbons (Fsp3) is 0.629. The van der Waals surface area contributed by atoms with Crippen LogP contribution >= 0.6 is 31.9 Å². The second-order valence-electron chi connectivity index (χ2n) is 23.8. The van der Waals surface area contributed by atoms with E-state index in [4.69, 9.17) is 28.4 Å². The van der Waals surface area contributed by atoms with Crippen molar-refractivity contribution >= 4 is 67.8 Å². The molecule has 3 aromatic carbocycles. The number of nitrogens with zero attached hydrogens (tertiary/aromatic N) is 5. The van der Waals surface area contributed by atoms with Crippen LogP contribution in [0.15, 0.2) is 69.6 Å². The van der Waals surface area contributed by atoms with Crippen LogP contribution in [0.2, 0.25) is 0 Å². The van der Waals surface area contributed by atoms with Gasteiger partial charge in [0.1, 0.15) is 35.6 Å². The van der Waals surface area contributed by atoms with Crippen LogP contribution in [0.1, 0.15) is 151 Å². The second kappa shape index (κ2) is 30.8. The molecule has 0 atom stereocenters. The Bertz CT molecular complexity index is 2390. The van der Waals surface area contributed by atoms with E-state index >= 15 is 0 Å². The smallest absolute Gasteiger partial charge is 0.410 e. The lowest BCUT2D eigenvalue weighted by molar-refractivity contribution is -0.142. The highest BCUT2D eigenvalue weighted by atomic mass is 79.9. The lowest BCUT2D eigenvalue weighted by Crippen LogP contribution is -2.51.